The molecule has 0 N–H and O–H groups in total. The highest BCUT2D eigenvalue weighted by molar-refractivity contribution is 6.41. The van der Waals surface area contributed by atoms with Gasteiger partial charge >= 0.3 is 13.3 Å². The Hall–Kier alpha value is -2.11. The highest BCUT2D eigenvalue weighted by Gasteiger charge is 2.54. The van der Waals surface area contributed by atoms with Crippen LogP contribution in [0.15, 0.2) is 54.6 Å². The smallest absolute Gasteiger partial charge is 0.481 e. The molecular formula is C19H21BO4. The van der Waals surface area contributed by atoms with Crippen molar-refractivity contribution in [3.05, 3.63) is 60.2 Å². The summed E-state index contributed by atoms with van der Waals surface area (Å²) in [5.41, 5.74) is 1.17. The van der Waals surface area contributed by atoms with Gasteiger partial charge < -0.3 is 14.0 Å². The molecule has 0 radical (unpaired) electrons. The zero-order valence-electron chi connectivity index (χ0n) is 14.4. The molecule has 1 heterocycles. The molecule has 5 heteroatoms. The van der Waals surface area contributed by atoms with E-state index in [0.29, 0.717) is 5.56 Å². The van der Waals surface area contributed by atoms with Crippen molar-refractivity contribution in [2.24, 2.45) is 0 Å². The van der Waals surface area contributed by atoms with Gasteiger partial charge in [0.25, 0.3) is 0 Å². The van der Waals surface area contributed by atoms with Crippen LogP contribution in [0.1, 0.15) is 38.1 Å². The molecular weight excluding hydrogens is 303 g/mol. The number of carbonyl (C=O) groups excluding carboxylic acids is 1. The van der Waals surface area contributed by atoms with E-state index in [1.807, 2.05) is 76.2 Å². The lowest BCUT2D eigenvalue weighted by molar-refractivity contribution is 0.00578. The number of rotatable bonds is 3. The molecule has 4 nitrogen and oxygen atoms in total. The predicted molar refractivity (Wildman–Crippen MR) is 93.4 cm³/mol. The van der Waals surface area contributed by atoms with Crippen molar-refractivity contribution in [3.63, 3.8) is 0 Å². The average Bonchev–Trinajstić information content (AvgIpc) is 2.75. The van der Waals surface area contributed by atoms with Crippen LogP contribution in [-0.4, -0.2) is 24.5 Å². The molecule has 3 rings (SSSR count). The summed E-state index contributed by atoms with van der Waals surface area (Å²) >= 11 is 0. The minimum absolute atomic E-state index is 0.465. The third-order valence-electron chi connectivity index (χ3n) is 4.67. The zero-order valence-corrected chi connectivity index (χ0v) is 14.4. The van der Waals surface area contributed by atoms with Crippen LogP contribution >= 0.6 is 0 Å². The SMILES string of the molecule is CC1(C)OB(OC(=O)c2ccccc2-c2ccccc2)OC1(C)C. The lowest BCUT2D eigenvalue weighted by atomic mass is 9.90. The summed E-state index contributed by atoms with van der Waals surface area (Å²) in [4.78, 5) is 12.6. The fourth-order valence-corrected chi connectivity index (χ4v) is 2.52. The van der Waals surface area contributed by atoms with E-state index < -0.39 is 24.5 Å². The first-order valence-electron chi connectivity index (χ1n) is 8.01. The Bertz CT molecular complexity index is 724. The fraction of sp³-hybridized carbons (Fsp3) is 0.316. The van der Waals surface area contributed by atoms with Crippen LogP contribution < -0.4 is 0 Å². The lowest BCUT2D eigenvalue weighted by Gasteiger charge is -2.31. The van der Waals surface area contributed by atoms with Crippen LogP contribution in [0.25, 0.3) is 11.1 Å². The van der Waals surface area contributed by atoms with Crippen molar-refractivity contribution in [1.29, 1.82) is 0 Å². The van der Waals surface area contributed by atoms with E-state index in [9.17, 15) is 4.79 Å². The van der Waals surface area contributed by atoms with E-state index in [1.54, 1.807) is 6.07 Å². The maximum Gasteiger partial charge on any atom is 0.716 e. The first kappa shape index (κ1) is 16.7. The molecule has 0 unspecified atom stereocenters. The first-order valence-corrected chi connectivity index (χ1v) is 8.01. The fourth-order valence-electron chi connectivity index (χ4n) is 2.52. The second-order valence-electron chi connectivity index (χ2n) is 6.86. The van der Waals surface area contributed by atoms with E-state index in [1.165, 1.54) is 0 Å². The summed E-state index contributed by atoms with van der Waals surface area (Å²) in [5.74, 6) is -0.465. The minimum Gasteiger partial charge on any atom is -0.481 e. The summed E-state index contributed by atoms with van der Waals surface area (Å²) in [6.45, 7) is 7.66. The quantitative estimate of drug-likeness (QED) is 0.798. The van der Waals surface area contributed by atoms with Crippen LogP contribution in [0.3, 0.4) is 0 Å². The Morgan fingerprint density at radius 2 is 1.42 bits per heavy atom. The molecule has 0 aromatic heterocycles. The van der Waals surface area contributed by atoms with Crippen molar-refractivity contribution >= 4 is 13.3 Å². The van der Waals surface area contributed by atoms with Gasteiger partial charge in [0, 0.05) is 0 Å². The van der Waals surface area contributed by atoms with E-state index in [4.69, 9.17) is 14.0 Å². The third kappa shape index (κ3) is 3.10. The molecule has 0 aliphatic carbocycles. The van der Waals surface area contributed by atoms with Gasteiger partial charge in [0.05, 0.1) is 16.8 Å². The van der Waals surface area contributed by atoms with Crippen molar-refractivity contribution in [3.8, 4) is 11.1 Å². The molecule has 2 aromatic carbocycles. The monoisotopic (exact) mass is 324 g/mol. The Morgan fingerprint density at radius 1 is 0.875 bits per heavy atom. The van der Waals surface area contributed by atoms with Gasteiger partial charge in [-0.15, -0.1) is 0 Å². The predicted octanol–water partition coefficient (Wildman–Crippen LogP) is 4.10. The van der Waals surface area contributed by atoms with E-state index in [0.717, 1.165) is 11.1 Å². The molecule has 0 bridgehead atoms. The normalized spacial score (nSPS) is 18.4. The van der Waals surface area contributed by atoms with Gasteiger partial charge in [-0.25, -0.2) is 4.79 Å². The summed E-state index contributed by atoms with van der Waals surface area (Å²) in [5, 5.41) is 0. The molecule has 1 aliphatic heterocycles. The van der Waals surface area contributed by atoms with E-state index in [-0.39, 0.29) is 0 Å². The maximum absolute atomic E-state index is 12.6. The second-order valence-corrected chi connectivity index (χ2v) is 6.86. The molecule has 0 spiro atoms. The highest BCUT2D eigenvalue weighted by Crippen LogP contribution is 2.37. The number of benzene rings is 2. The van der Waals surface area contributed by atoms with Crippen LogP contribution in [0.2, 0.25) is 0 Å². The summed E-state index contributed by atoms with van der Waals surface area (Å²) < 4.78 is 16.9. The molecule has 0 atom stereocenters. The van der Waals surface area contributed by atoms with Crippen molar-refractivity contribution in [1.82, 2.24) is 0 Å². The molecule has 0 saturated carbocycles. The Morgan fingerprint density at radius 3 is 2.04 bits per heavy atom. The van der Waals surface area contributed by atoms with Crippen LogP contribution in [0, 0.1) is 0 Å². The molecule has 0 amide bonds. The minimum atomic E-state index is -1.01. The average molecular weight is 324 g/mol. The lowest BCUT2D eigenvalue weighted by Crippen LogP contribution is -2.41. The second kappa shape index (κ2) is 6.08. The summed E-state index contributed by atoms with van der Waals surface area (Å²) in [7, 11) is -1.01. The number of carbonyl (C=O) groups is 1. The molecule has 2 aromatic rings. The molecule has 1 aliphatic rings. The molecule has 24 heavy (non-hydrogen) atoms. The largest absolute Gasteiger partial charge is 0.716 e. The zero-order chi connectivity index (χ0) is 17.4. The molecule has 1 fully saturated rings. The van der Waals surface area contributed by atoms with Crippen LogP contribution in [0.4, 0.5) is 0 Å². The standard InChI is InChI=1S/C19H21BO4/c1-18(2)19(3,4)24-20(23-18)22-17(21)16-13-9-8-12-15(16)14-10-6-5-7-11-14/h5-13H,1-4H3. The first-order chi connectivity index (χ1) is 11.3. The Labute approximate surface area is 142 Å². The van der Waals surface area contributed by atoms with Gasteiger partial charge in [0.1, 0.15) is 0 Å². The summed E-state index contributed by atoms with van der Waals surface area (Å²) in [6, 6.07) is 17.1. The summed E-state index contributed by atoms with van der Waals surface area (Å²) in [6.07, 6.45) is 0. The third-order valence-corrected chi connectivity index (χ3v) is 4.67. The van der Waals surface area contributed by atoms with Crippen LogP contribution in [-0.2, 0) is 14.0 Å². The van der Waals surface area contributed by atoms with Gasteiger partial charge in [-0.1, -0.05) is 48.5 Å². The van der Waals surface area contributed by atoms with Gasteiger partial charge in [0.15, 0.2) is 0 Å². The van der Waals surface area contributed by atoms with Gasteiger partial charge in [-0.3, -0.25) is 0 Å². The topological polar surface area (TPSA) is 44.8 Å². The van der Waals surface area contributed by atoms with Crippen LogP contribution in [0.5, 0.6) is 0 Å². The van der Waals surface area contributed by atoms with Crippen molar-refractivity contribution < 1.29 is 18.8 Å². The van der Waals surface area contributed by atoms with Gasteiger partial charge in [0.2, 0.25) is 0 Å². The highest BCUT2D eigenvalue weighted by atomic mass is 16.8. The molecule has 124 valence electrons. The Balaban J connectivity index is 1.83. The van der Waals surface area contributed by atoms with Crippen molar-refractivity contribution in [2.45, 2.75) is 38.9 Å². The van der Waals surface area contributed by atoms with Gasteiger partial charge in [-0.2, -0.15) is 0 Å². The van der Waals surface area contributed by atoms with Crippen molar-refractivity contribution in [2.75, 3.05) is 0 Å². The van der Waals surface area contributed by atoms with Gasteiger partial charge in [-0.05, 0) is 44.9 Å². The van der Waals surface area contributed by atoms with E-state index >= 15 is 0 Å². The van der Waals surface area contributed by atoms with E-state index in [2.05, 4.69) is 0 Å². The maximum atomic E-state index is 12.6. The number of hydrogen-bond acceptors (Lipinski definition) is 4. The molecule has 1 saturated heterocycles. The number of hydrogen-bond donors (Lipinski definition) is 0. The Kier molecular flexibility index (Phi) is 4.24.